The average Bonchev–Trinajstić information content (AvgIpc) is 3.25. The molecule has 0 saturated carbocycles. The number of halogens is 1. The smallest absolute Gasteiger partial charge is 0.253 e. The predicted molar refractivity (Wildman–Crippen MR) is 94.5 cm³/mol. The Morgan fingerprint density at radius 3 is 2.62 bits per heavy atom. The van der Waals surface area contributed by atoms with Gasteiger partial charge in [0.2, 0.25) is 0 Å². The van der Waals surface area contributed by atoms with Gasteiger partial charge in [0.25, 0.3) is 5.91 Å². The summed E-state index contributed by atoms with van der Waals surface area (Å²) in [7, 11) is 0. The second-order valence-electron chi connectivity index (χ2n) is 7.40. The van der Waals surface area contributed by atoms with Gasteiger partial charge in [-0.25, -0.2) is 0 Å². The van der Waals surface area contributed by atoms with Crippen LogP contribution in [-0.4, -0.2) is 60.1 Å². The maximum absolute atomic E-state index is 12.6. The summed E-state index contributed by atoms with van der Waals surface area (Å²) in [5, 5.41) is 0.613. The maximum atomic E-state index is 12.6. The third-order valence-electron chi connectivity index (χ3n) is 5.88. The van der Waals surface area contributed by atoms with Gasteiger partial charge in [-0.1, -0.05) is 17.7 Å². The molecule has 1 spiro atoms. The molecule has 1 aromatic carbocycles. The van der Waals surface area contributed by atoms with Gasteiger partial charge in [0, 0.05) is 29.7 Å². The molecule has 3 saturated heterocycles. The molecule has 1 aromatic rings. The number of nitrogens with zero attached hydrogens (tertiary/aromatic N) is 2. The molecule has 1 amide bonds. The van der Waals surface area contributed by atoms with E-state index in [1.54, 1.807) is 12.1 Å². The number of carbonyl (C=O) groups is 1. The van der Waals surface area contributed by atoms with E-state index in [1.807, 2.05) is 17.0 Å². The highest BCUT2D eigenvalue weighted by Crippen LogP contribution is 2.38. The van der Waals surface area contributed by atoms with E-state index in [1.165, 1.54) is 25.9 Å². The number of likely N-dealkylation sites (tertiary alicyclic amines) is 2. The molecular formula is C19H25ClN2O2. The molecule has 1 atom stereocenters. The molecule has 3 aliphatic rings. The zero-order valence-electron chi connectivity index (χ0n) is 14.0. The quantitative estimate of drug-likeness (QED) is 0.822. The molecular weight excluding hydrogens is 324 g/mol. The van der Waals surface area contributed by atoms with Crippen LogP contribution in [-0.2, 0) is 4.74 Å². The van der Waals surface area contributed by atoms with Crippen molar-refractivity contribution < 1.29 is 9.53 Å². The van der Waals surface area contributed by atoms with Crippen molar-refractivity contribution >= 4 is 17.5 Å². The predicted octanol–water partition coefficient (Wildman–Crippen LogP) is 3.20. The zero-order chi connectivity index (χ0) is 16.6. The van der Waals surface area contributed by atoms with Crippen molar-refractivity contribution in [3.8, 4) is 0 Å². The maximum Gasteiger partial charge on any atom is 0.253 e. The summed E-state index contributed by atoms with van der Waals surface area (Å²) < 4.78 is 6.26. The first-order valence-corrected chi connectivity index (χ1v) is 9.46. The first-order chi connectivity index (χ1) is 11.7. The summed E-state index contributed by atoms with van der Waals surface area (Å²) in [6.45, 7) is 4.87. The van der Waals surface area contributed by atoms with Gasteiger partial charge in [0.15, 0.2) is 0 Å². The van der Waals surface area contributed by atoms with Crippen LogP contribution in [0.4, 0.5) is 0 Å². The molecule has 4 rings (SSSR count). The minimum Gasteiger partial charge on any atom is -0.373 e. The fourth-order valence-corrected chi connectivity index (χ4v) is 4.62. The Morgan fingerprint density at radius 2 is 1.92 bits per heavy atom. The van der Waals surface area contributed by atoms with Crippen LogP contribution in [0.3, 0.4) is 0 Å². The lowest BCUT2D eigenvalue weighted by Gasteiger charge is -2.39. The summed E-state index contributed by atoms with van der Waals surface area (Å²) in [4.78, 5) is 17.2. The third kappa shape index (κ3) is 3.19. The van der Waals surface area contributed by atoms with E-state index in [9.17, 15) is 4.79 Å². The molecule has 3 fully saturated rings. The molecule has 0 aromatic heterocycles. The molecule has 130 valence electrons. The first-order valence-electron chi connectivity index (χ1n) is 9.08. The Balaban J connectivity index is 1.36. The largest absolute Gasteiger partial charge is 0.373 e. The summed E-state index contributed by atoms with van der Waals surface area (Å²) in [5.74, 6) is 0.0847. The van der Waals surface area contributed by atoms with Crippen LogP contribution < -0.4 is 0 Å². The molecule has 0 aliphatic carbocycles. The summed E-state index contributed by atoms with van der Waals surface area (Å²) in [6, 6.07) is 7.82. The summed E-state index contributed by atoms with van der Waals surface area (Å²) in [6.07, 6.45) is 5.68. The van der Waals surface area contributed by atoms with Crippen molar-refractivity contribution in [1.82, 2.24) is 9.80 Å². The van der Waals surface area contributed by atoms with Gasteiger partial charge in [0.05, 0.1) is 12.2 Å². The van der Waals surface area contributed by atoms with E-state index < -0.39 is 0 Å². The van der Waals surface area contributed by atoms with E-state index in [-0.39, 0.29) is 11.5 Å². The number of carbonyl (C=O) groups excluding carboxylic acids is 1. The Labute approximate surface area is 148 Å². The van der Waals surface area contributed by atoms with Gasteiger partial charge < -0.3 is 9.64 Å². The first kappa shape index (κ1) is 16.4. The van der Waals surface area contributed by atoms with Crippen molar-refractivity contribution in [2.75, 3.05) is 32.8 Å². The lowest BCUT2D eigenvalue weighted by atomic mass is 9.87. The second kappa shape index (κ2) is 6.66. The number of hydrogen-bond acceptors (Lipinski definition) is 3. The van der Waals surface area contributed by atoms with Gasteiger partial charge >= 0.3 is 0 Å². The van der Waals surface area contributed by atoms with Gasteiger partial charge in [-0.2, -0.15) is 0 Å². The molecule has 5 heteroatoms. The molecule has 3 heterocycles. The van der Waals surface area contributed by atoms with Crippen molar-refractivity contribution in [2.45, 2.75) is 43.7 Å². The summed E-state index contributed by atoms with van der Waals surface area (Å²) >= 11 is 6.01. The Kier molecular flexibility index (Phi) is 4.54. The SMILES string of the molecule is O=C(c1cccc(Cl)c1)N1CCC2(CC1)CC(N1CCCC1)CO2. The van der Waals surface area contributed by atoms with Crippen LogP contribution in [0.1, 0.15) is 42.5 Å². The van der Waals surface area contributed by atoms with E-state index in [4.69, 9.17) is 16.3 Å². The Hall–Kier alpha value is -1.10. The van der Waals surface area contributed by atoms with Gasteiger partial charge in [0.1, 0.15) is 0 Å². The monoisotopic (exact) mass is 348 g/mol. The number of piperidine rings is 1. The topological polar surface area (TPSA) is 32.8 Å². The van der Waals surface area contributed by atoms with Crippen LogP contribution in [0.25, 0.3) is 0 Å². The zero-order valence-corrected chi connectivity index (χ0v) is 14.8. The highest BCUT2D eigenvalue weighted by atomic mass is 35.5. The fraction of sp³-hybridized carbons (Fsp3) is 0.632. The molecule has 0 bridgehead atoms. The highest BCUT2D eigenvalue weighted by Gasteiger charge is 2.45. The van der Waals surface area contributed by atoms with E-state index in [0.717, 1.165) is 39.0 Å². The number of amides is 1. The van der Waals surface area contributed by atoms with Gasteiger partial charge in [-0.3, -0.25) is 9.69 Å². The lowest BCUT2D eigenvalue weighted by Crippen LogP contribution is -2.47. The van der Waals surface area contributed by atoms with E-state index in [0.29, 0.717) is 16.6 Å². The molecule has 24 heavy (non-hydrogen) atoms. The van der Waals surface area contributed by atoms with Crippen LogP contribution in [0.15, 0.2) is 24.3 Å². The minimum absolute atomic E-state index is 0.00162. The van der Waals surface area contributed by atoms with Crippen molar-refractivity contribution in [3.63, 3.8) is 0 Å². The van der Waals surface area contributed by atoms with Crippen molar-refractivity contribution in [1.29, 1.82) is 0 Å². The highest BCUT2D eigenvalue weighted by molar-refractivity contribution is 6.30. The Morgan fingerprint density at radius 1 is 1.17 bits per heavy atom. The van der Waals surface area contributed by atoms with Crippen LogP contribution in [0, 0.1) is 0 Å². The van der Waals surface area contributed by atoms with E-state index in [2.05, 4.69) is 4.90 Å². The lowest BCUT2D eigenvalue weighted by molar-refractivity contribution is -0.0393. The molecule has 4 nitrogen and oxygen atoms in total. The van der Waals surface area contributed by atoms with Crippen LogP contribution in [0.2, 0.25) is 5.02 Å². The van der Waals surface area contributed by atoms with Gasteiger partial charge in [-0.05, 0) is 63.4 Å². The fourth-order valence-electron chi connectivity index (χ4n) is 4.43. The normalized spacial score (nSPS) is 27.0. The standard InChI is InChI=1S/C19H25ClN2O2/c20-16-5-3-4-15(12-16)18(23)22-10-6-19(7-11-22)13-17(14-24-19)21-8-1-2-9-21/h3-5,12,17H,1-2,6-11,13-14H2. The second-order valence-corrected chi connectivity index (χ2v) is 7.83. The van der Waals surface area contributed by atoms with Crippen molar-refractivity contribution in [3.05, 3.63) is 34.9 Å². The minimum atomic E-state index is -0.00162. The average molecular weight is 349 g/mol. The molecule has 3 aliphatic heterocycles. The third-order valence-corrected chi connectivity index (χ3v) is 6.12. The van der Waals surface area contributed by atoms with Crippen LogP contribution >= 0.6 is 11.6 Å². The molecule has 1 unspecified atom stereocenters. The number of hydrogen-bond donors (Lipinski definition) is 0. The number of rotatable bonds is 2. The van der Waals surface area contributed by atoms with Crippen LogP contribution in [0.5, 0.6) is 0 Å². The number of benzene rings is 1. The molecule has 0 radical (unpaired) electrons. The van der Waals surface area contributed by atoms with Gasteiger partial charge in [-0.15, -0.1) is 0 Å². The van der Waals surface area contributed by atoms with E-state index >= 15 is 0 Å². The summed E-state index contributed by atoms with van der Waals surface area (Å²) in [5.41, 5.74) is 0.680. The molecule has 0 N–H and O–H groups in total. The number of ether oxygens (including phenoxy) is 1. The van der Waals surface area contributed by atoms with Crippen molar-refractivity contribution in [2.24, 2.45) is 0 Å². The Bertz CT molecular complexity index is 607.